The van der Waals surface area contributed by atoms with Crippen molar-refractivity contribution >= 4 is 0 Å². The minimum absolute atomic E-state index is 0.647. The molecule has 0 aromatic carbocycles. The lowest BCUT2D eigenvalue weighted by Gasteiger charge is -2.38. The molecule has 0 bridgehead atoms. The molecule has 2 atom stereocenters. The van der Waals surface area contributed by atoms with Crippen molar-refractivity contribution in [3.05, 3.63) is 12.2 Å². The largest absolute Gasteiger partial charge is 0.311 e. The fourth-order valence-corrected chi connectivity index (χ4v) is 2.11. The molecular weight excluding hydrogens is 172 g/mol. The Balaban J connectivity index is 2.45. The first kappa shape index (κ1) is 11.7. The topological polar surface area (TPSA) is 15.3 Å². The number of nitrogens with zero attached hydrogens (tertiary/aromatic N) is 1. The van der Waals surface area contributed by atoms with Crippen molar-refractivity contribution in [3.8, 4) is 0 Å². The van der Waals surface area contributed by atoms with Gasteiger partial charge >= 0.3 is 0 Å². The summed E-state index contributed by atoms with van der Waals surface area (Å²) in [7, 11) is 0. The molecule has 0 saturated carbocycles. The second-order valence-electron chi connectivity index (χ2n) is 4.27. The normalized spacial score (nSPS) is 29.9. The number of hydrogen-bond donors (Lipinski definition) is 1. The van der Waals surface area contributed by atoms with Gasteiger partial charge in [-0.15, -0.1) is 0 Å². The van der Waals surface area contributed by atoms with Gasteiger partial charge < -0.3 is 5.32 Å². The van der Waals surface area contributed by atoms with Crippen molar-refractivity contribution in [1.82, 2.24) is 10.2 Å². The quantitative estimate of drug-likeness (QED) is 0.692. The first-order valence-electron chi connectivity index (χ1n) is 5.86. The van der Waals surface area contributed by atoms with Crippen LogP contribution in [-0.2, 0) is 0 Å². The van der Waals surface area contributed by atoms with Gasteiger partial charge in [0.1, 0.15) is 0 Å². The highest BCUT2D eigenvalue weighted by molar-refractivity contribution is 4.89. The summed E-state index contributed by atoms with van der Waals surface area (Å²) in [5, 5.41) is 3.56. The molecule has 0 aliphatic carbocycles. The van der Waals surface area contributed by atoms with E-state index in [0.717, 1.165) is 19.1 Å². The Labute approximate surface area is 88.4 Å². The lowest BCUT2D eigenvalue weighted by molar-refractivity contribution is 0.142. The Morgan fingerprint density at radius 3 is 2.93 bits per heavy atom. The third kappa shape index (κ3) is 3.43. The Kier molecular flexibility index (Phi) is 5.20. The number of piperazine rings is 1. The number of allylic oxidation sites excluding steroid dienone is 1. The zero-order valence-corrected chi connectivity index (χ0v) is 9.79. The maximum Gasteiger partial charge on any atom is 0.0224 e. The number of nitrogens with one attached hydrogen (secondary N) is 1. The molecule has 2 unspecified atom stereocenters. The molecule has 82 valence electrons. The molecule has 1 heterocycles. The van der Waals surface area contributed by atoms with E-state index in [-0.39, 0.29) is 0 Å². The van der Waals surface area contributed by atoms with Crippen LogP contribution in [0.15, 0.2) is 12.2 Å². The van der Waals surface area contributed by atoms with Crippen LogP contribution in [0.3, 0.4) is 0 Å². The highest BCUT2D eigenvalue weighted by Gasteiger charge is 2.23. The molecule has 0 radical (unpaired) electrons. The summed E-state index contributed by atoms with van der Waals surface area (Å²) in [6, 6.07) is 1.39. The van der Waals surface area contributed by atoms with Gasteiger partial charge in [0.25, 0.3) is 0 Å². The van der Waals surface area contributed by atoms with Crippen molar-refractivity contribution in [2.45, 2.75) is 45.7 Å². The second-order valence-corrected chi connectivity index (χ2v) is 4.27. The van der Waals surface area contributed by atoms with Crippen molar-refractivity contribution < 1.29 is 0 Å². The lowest BCUT2D eigenvalue weighted by atomic mass is 10.1. The molecular formula is C12H24N2. The minimum atomic E-state index is 0.647. The highest BCUT2D eigenvalue weighted by Crippen LogP contribution is 2.11. The summed E-state index contributed by atoms with van der Waals surface area (Å²) < 4.78 is 0. The third-order valence-electron chi connectivity index (χ3n) is 2.92. The average molecular weight is 196 g/mol. The van der Waals surface area contributed by atoms with E-state index in [4.69, 9.17) is 0 Å². The van der Waals surface area contributed by atoms with E-state index in [2.05, 4.69) is 43.1 Å². The Hall–Kier alpha value is -0.340. The van der Waals surface area contributed by atoms with Gasteiger partial charge in [-0.25, -0.2) is 0 Å². The predicted molar refractivity (Wildman–Crippen MR) is 62.5 cm³/mol. The van der Waals surface area contributed by atoms with E-state index in [0.29, 0.717) is 6.04 Å². The van der Waals surface area contributed by atoms with Crippen LogP contribution in [0.5, 0.6) is 0 Å². The third-order valence-corrected chi connectivity index (χ3v) is 2.92. The van der Waals surface area contributed by atoms with Gasteiger partial charge in [-0.1, -0.05) is 25.5 Å². The number of rotatable bonds is 4. The molecule has 1 rings (SSSR count). The standard InChI is InChI=1S/C12H24N2/c1-4-6-8-14-10-11(3)13-9-12(14)7-5-2/h4,6,11-13H,5,7-10H2,1-3H3/b6-4+. The molecule has 1 fully saturated rings. The summed E-state index contributed by atoms with van der Waals surface area (Å²) in [6.07, 6.45) is 7.01. The van der Waals surface area contributed by atoms with Crippen LogP contribution in [0, 0.1) is 0 Å². The maximum atomic E-state index is 3.56. The van der Waals surface area contributed by atoms with Crippen molar-refractivity contribution in [2.24, 2.45) is 0 Å². The molecule has 2 nitrogen and oxygen atoms in total. The van der Waals surface area contributed by atoms with Gasteiger partial charge in [0.2, 0.25) is 0 Å². The Morgan fingerprint density at radius 1 is 1.50 bits per heavy atom. The zero-order valence-electron chi connectivity index (χ0n) is 9.79. The van der Waals surface area contributed by atoms with Crippen LogP contribution in [-0.4, -0.2) is 36.6 Å². The van der Waals surface area contributed by atoms with Gasteiger partial charge in [-0.3, -0.25) is 4.90 Å². The summed E-state index contributed by atoms with van der Waals surface area (Å²) >= 11 is 0. The first-order chi connectivity index (χ1) is 6.77. The molecule has 0 aromatic heterocycles. The monoisotopic (exact) mass is 196 g/mol. The average Bonchev–Trinajstić information content (AvgIpc) is 2.18. The highest BCUT2D eigenvalue weighted by atomic mass is 15.2. The first-order valence-corrected chi connectivity index (χ1v) is 5.86. The summed E-state index contributed by atoms with van der Waals surface area (Å²) in [4.78, 5) is 2.60. The van der Waals surface area contributed by atoms with E-state index >= 15 is 0 Å². The van der Waals surface area contributed by atoms with E-state index in [9.17, 15) is 0 Å². The molecule has 1 N–H and O–H groups in total. The fourth-order valence-electron chi connectivity index (χ4n) is 2.11. The summed E-state index contributed by atoms with van der Waals surface area (Å²) in [6.45, 7) is 10.1. The van der Waals surface area contributed by atoms with Crippen LogP contribution in [0.4, 0.5) is 0 Å². The molecule has 0 amide bonds. The smallest absolute Gasteiger partial charge is 0.0224 e. The predicted octanol–water partition coefficient (Wildman–Crippen LogP) is 2.02. The lowest BCUT2D eigenvalue weighted by Crippen LogP contribution is -2.55. The molecule has 1 aliphatic rings. The van der Waals surface area contributed by atoms with E-state index in [1.165, 1.54) is 19.4 Å². The van der Waals surface area contributed by atoms with Gasteiger partial charge in [0.15, 0.2) is 0 Å². The molecule has 14 heavy (non-hydrogen) atoms. The minimum Gasteiger partial charge on any atom is -0.311 e. The van der Waals surface area contributed by atoms with E-state index < -0.39 is 0 Å². The summed E-state index contributed by atoms with van der Waals surface area (Å²) in [5.41, 5.74) is 0. The number of hydrogen-bond acceptors (Lipinski definition) is 2. The van der Waals surface area contributed by atoms with Gasteiger partial charge in [-0.05, 0) is 20.3 Å². The molecule has 2 heteroatoms. The molecule has 1 aliphatic heterocycles. The fraction of sp³-hybridized carbons (Fsp3) is 0.833. The van der Waals surface area contributed by atoms with E-state index in [1.807, 2.05) is 0 Å². The summed E-state index contributed by atoms with van der Waals surface area (Å²) in [5.74, 6) is 0. The Bertz CT molecular complexity index is 177. The van der Waals surface area contributed by atoms with Crippen LogP contribution < -0.4 is 5.32 Å². The van der Waals surface area contributed by atoms with E-state index in [1.54, 1.807) is 0 Å². The van der Waals surface area contributed by atoms with Crippen LogP contribution in [0.25, 0.3) is 0 Å². The Morgan fingerprint density at radius 2 is 2.29 bits per heavy atom. The molecule has 1 saturated heterocycles. The van der Waals surface area contributed by atoms with Gasteiger partial charge in [-0.2, -0.15) is 0 Å². The van der Waals surface area contributed by atoms with Crippen molar-refractivity contribution in [2.75, 3.05) is 19.6 Å². The molecule has 0 spiro atoms. The van der Waals surface area contributed by atoms with Gasteiger partial charge in [0, 0.05) is 31.7 Å². The van der Waals surface area contributed by atoms with Crippen molar-refractivity contribution in [3.63, 3.8) is 0 Å². The van der Waals surface area contributed by atoms with Crippen molar-refractivity contribution in [1.29, 1.82) is 0 Å². The zero-order chi connectivity index (χ0) is 10.4. The maximum absolute atomic E-state index is 3.56. The SMILES string of the molecule is C/C=C/CN1CC(C)NCC1CCC. The van der Waals surface area contributed by atoms with Gasteiger partial charge in [0.05, 0.1) is 0 Å². The van der Waals surface area contributed by atoms with Crippen LogP contribution in [0.2, 0.25) is 0 Å². The second kappa shape index (κ2) is 6.20. The van der Waals surface area contributed by atoms with Crippen LogP contribution >= 0.6 is 0 Å². The van der Waals surface area contributed by atoms with Crippen LogP contribution in [0.1, 0.15) is 33.6 Å². The molecule has 0 aromatic rings.